The van der Waals surface area contributed by atoms with E-state index < -0.39 is 40.2 Å². The number of carbonyl (C=O) groups is 2. The third kappa shape index (κ3) is 7.11. The minimum atomic E-state index is -4.19. The molecule has 0 saturated heterocycles. The average molecular weight is 560 g/mol. The van der Waals surface area contributed by atoms with E-state index in [4.69, 9.17) is 11.6 Å². The second-order valence-corrected chi connectivity index (χ2v) is 11.6. The number of nitrogens with zero attached hydrogens (tertiary/aromatic N) is 2. The van der Waals surface area contributed by atoms with Crippen LogP contribution in [0.4, 0.5) is 10.1 Å². The van der Waals surface area contributed by atoms with Crippen molar-refractivity contribution in [2.75, 3.05) is 10.8 Å². The highest BCUT2D eigenvalue weighted by molar-refractivity contribution is 7.92. The molecule has 1 N–H and O–H groups in total. The lowest BCUT2D eigenvalue weighted by Crippen LogP contribution is -2.52. The lowest BCUT2D eigenvalue weighted by molar-refractivity contribution is -0.139. The minimum absolute atomic E-state index is 0.00268. The van der Waals surface area contributed by atoms with Crippen molar-refractivity contribution in [2.45, 2.75) is 51.2 Å². The van der Waals surface area contributed by atoms with Crippen molar-refractivity contribution in [1.82, 2.24) is 10.2 Å². The maximum atomic E-state index is 14.5. The third-order valence-electron chi connectivity index (χ3n) is 5.90. The number of benzene rings is 3. The molecule has 3 aromatic rings. The van der Waals surface area contributed by atoms with Crippen LogP contribution in [0.25, 0.3) is 0 Å². The lowest BCUT2D eigenvalue weighted by atomic mass is 10.1. The fourth-order valence-corrected chi connectivity index (χ4v) is 5.31. The van der Waals surface area contributed by atoms with Crippen molar-refractivity contribution in [3.63, 3.8) is 0 Å². The summed E-state index contributed by atoms with van der Waals surface area (Å²) in [7, 11) is -4.19. The maximum absolute atomic E-state index is 14.5. The Balaban J connectivity index is 2.03. The van der Waals surface area contributed by atoms with Crippen LogP contribution in [0.3, 0.4) is 0 Å². The lowest BCUT2D eigenvalue weighted by Gasteiger charge is -2.32. The summed E-state index contributed by atoms with van der Waals surface area (Å²) in [6, 6.07) is 17.0. The number of carbonyl (C=O) groups excluding carboxylic acids is 2. The molecule has 1 atom stereocenters. The number of amides is 2. The number of halogens is 2. The normalized spacial score (nSPS) is 12.2. The Morgan fingerprint density at radius 3 is 2.13 bits per heavy atom. The van der Waals surface area contributed by atoms with Crippen molar-refractivity contribution < 1.29 is 22.4 Å². The summed E-state index contributed by atoms with van der Waals surface area (Å²) in [5.41, 5.74) is 1.29. The van der Waals surface area contributed by atoms with Gasteiger partial charge in [0.15, 0.2) is 0 Å². The molecule has 0 aliphatic heterocycles. The van der Waals surface area contributed by atoms with Crippen LogP contribution in [0.15, 0.2) is 77.7 Å². The van der Waals surface area contributed by atoms with E-state index in [9.17, 15) is 22.4 Å². The number of hydrogen-bond donors (Lipinski definition) is 1. The zero-order valence-electron chi connectivity index (χ0n) is 21.7. The van der Waals surface area contributed by atoms with Gasteiger partial charge in [-0.3, -0.25) is 13.9 Å². The van der Waals surface area contributed by atoms with E-state index in [1.54, 1.807) is 32.0 Å². The summed E-state index contributed by atoms with van der Waals surface area (Å²) < 4.78 is 43.0. The summed E-state index contributed by atoms with van der Waals surface area (Å²) >= 11 is 6.02. The monoisotopic (exact) mass is 559 g/mol. The Labute approximate surface area is 228 Å². The minimum Gasteiger partial charge on any atom is -0.352 e. The van der Waals surface area contributed by atoms with Gasteiger partial charge < -0.3 is 10.2 Å². The first kappa shape index (κ1) is 29.1. The SMILES string of the molecule is Cc1ccc(S(=O)(=O)N(CC(=O)N(Cc2ccccc2F)C(C)C(=O)NC(C)C)c2ccc(Cl)cc2)cc1. The molecule has 3 aromatic carbocycles. The highest BCUT2D eigenvalue weighted by Crippen LogP contribution is 2.26. The van der Waals surface area contributed by atoms with Crippen molar-refractivity contribution in [3.05, 3.63) is 94.8 Å². The van der Waals surface area contributed by atoms with Gasteiger partial charge in [-0.25, -0.2) is 12.8 Å². The second-order valence-electron chi connectivity index (χ2n) is 9.25. The first-order valence-corrected chi connectivity index (χ1v) is 13.9. The van der Waals surface area contributed by atoms with E-state index in [-0.39, 0.29) is 28.7 Å². The van der Waals surface area contributed by atoms with Gasteiger partial charge in [-0.1, -0.05) is 47.5 Å². The molecule has 10 heteroatoms. The van der Waals surface area contributed by atoms with Gasteiger partial charge in [0.2, 0.25) is 11.8 Å². The number of anilines is 1. The van der Waals surface area contributed by atoms with E-state index in [2.05, 4.69) is 5.32 Å². The zero-order chi connectivity index (χ0) is 28.0. The molecule has 0 bridgehead atoms. The van der Waals surface area contributed by atoms with Crippen molar-refractivity contribution in [1.29, 1.82) is 0 Å². The molecular formula is C28H31ClFN3O4S. The van der Waals surface area contributed by atoms with Crippen molar-refractivity contribution >= 4 is 39.1 Å². The molecule has 3 rings (SSSR count). The average Bonchev–Trinajstić information content (AvgIpc) is 2.86. The number of hydrogen-bond acceptors (Lipinski definition) is 4. The largest absolute Gasteiger partial charge is 0.352 e. The van der Waals surface area contributed by atoms with Gasteiger partial charge in [-0.05, 0) is 70.2 Å². The topological polar surface area (TPSA) is 86.8 Å². The summed E-state index contributed by atoms with van der Waals surface area (Å²) in [6.07, 6.45) is 0. The van der Waals surface area contributed by atoms with Gasteiger partial charge in [0.1, 0.15) is 18.4 Å². The third-order valence-corrected chi connectivity index (χ3v) is 7.94. The number of nitrogens with one attached hydrogen (secondary N) is 1. The highest BCUT2D eigenvalue weighted by atomic mass is 35.5. The molecule has 0 aliphatic rings. The van der Waals surface area contributed by atoms with Crippen LogP contribution in [0.2, 0.25) is 5.02 Å². The number of rotatable bonds is 10. The Bertz CT molecular complexity index is 1380. The predicted octanol–water partition coefficient (Wildman–Crippen LogP) is 4.92. The summed E-state index contributed by atoms with van der Waals surface area (Å²) in [4.78, 5) is 27.8. The van der Waals surface area contributed by atoms with Crippen LogP contribution in [0, 0.1) is 12.7 Å². The van der Waals surface area contributed by atoms with Gasteiger partial charge >= 0.3 is 0 Å². The first-order valence-electron chi connectivity index (χ1n) is 12.1. The molecular weight excluding hydrogens is 529 g/mol. The zero-order valence-corrected chi connectivity index (χ0v) is 23.3. The Hall–Kier alpha value is -3.43. The molecule has 0 fully saturated rings. The molecule has 7 nitrogen and oxygen atoms in total. The predicted molar refractivity (Wildman–Crippen MR) is 147 cm³/mol. The second kappa shape index (κ2) is 12.4. The van der Waals surface area contributed by atoms with E-state index in [0.29, 0.717) is 5.02 Å². The molecule has 0 aromatic heterocycles. The van der Waals surface area contributed by atoms with E-state index >= 15 is 0 Å². The van der Waals surface area contributed by atoms with Gasteiger partial charge in [0, 0.05) is 23.2 Å². The molecule has 0 aliphatic carbocycles. The van der Waals surface area contributed by atoms with Gasteiger partial charge in [-0.15, -0.1) is 0 Å². The highest BCUT2D eigenvalue weighted by Gasteiger charge is 2.33. The van der Waals surface area contributed by atoms with E-state index in [1.807, 2.05) is 6.92 Å². The fourth-order valence-electron chi connectivity index (χ4n) is 3.77. The Morgan fingerprint density at radius 1 is 0.947 bits per heavy atom. The Kier molecular flexibility index (Phi) is 9.51. The fraction of sp³-hybridized carbons (Fsp3) is 0.286. The summed E-state index contributed by atoms with van der Waals surface area (Å²) in [5.74, 6) is -1.65. The van der Waals surface area contributed by atoms with Crippen LogP contribution in [-0.2, 0) is 26.2 Å². The quantitative estimate of drug-likeness (QED) is 0.382. The standard InChI is InChI=1S/C28H31ClFN3O4S/c1-19(2)31-28(35)21(4)32(17-22-7-5-6-8-26(22)30)27(34)18-33(24-13-11-23(29)12-14-24)38(36,37)25-15-9-20(3)10-16-25/h5-16,19,21H,17-18H2,1-4H3,(H,31,35). The molecule has 0 spiro atoms. The van der Waals surface area contributed by atoms with Crippen LogP contribution in [-0.4, -0.2) is 43.8 Å². The maximum Gasteiger partial charge on any atom is 0.264 e. The van der Waals surface area contributed by atoms with Crippen LogP contribution < -0.4 is 9.62 Å². The van der Waals surface area contributed by atoms with Gasteiger partial charge in [0.05, 0.1) is 10.6 Å². The van der Waals surface area contributed by atoms with Crippen LogP contribution in [0.5, 0.6) is 0 Å². The summed E-state index contributed by atoms with van der Waals surface area (Å²) in [6.45, 7) is 6.08. The van der Waals surface area contributed by atoms with Gasteiger partial charge in [0.25, 0.3) is 10.0 Å². The molecule has 202 valence electrons. The smallest absolute Gasteiger partial charge is 0.264 e. The Morgan fingerprint density at radius 2 is 1.55 bits per heavy atom. The number of sulfonamides is 1. The van der Waals surface area contributed by atoms with Crippen molar-refractivity contribution in [2.24, 2.45) is 0 Å². The molecule has 38 heavy (non-hydrogen) atoms. The molecule has 2 amide bonds. The van der Waals surface area contributed by atoms with Crippen molar-refractivity contribution in [3.8, 4) is 0 Å². The molecule has 0 saturated carbocycles. The number of aryl methyl sites for hydroxylation is 1. The van der Waals surface area contributed by atoms with Crippen LogP contribution >= 0.6 is 11.6 Å². The first-order chi connectivity index (χ1) is 17.9. The van der Waals surface area contributed by atoms with Gasteiger partial charge in [-0.2, -0.15) is 0 Å². The van der Waals surface area contributed by atoms with E-state index in [0.717, 1.165) is 9.87 Å². The molecule has 0 radical (unpaired) electrons. The summed E-state index contributed by atoms with van der Waals surface area (Å²) in [5, 5.41) is 3.15. The van der Waals surface area contributed by atoms with Crippen LogP contribution in [0.1, 0.15) is 31.9 Å². The molecule has 0 heterocycles. The molecule has 1 unspecified atom stereocenters. The van der Waals surface area contributed by atoms with E-state index in [1.165, 1.54) is 66.4 Å².